The van der Waals surface area contributed by atoms with Crippen LogP contribution in [0.1, 0.15) is 37.0 Å². The predicted molar refractivity (Wildman–Crippen MR) is 76.3 cm³/mol. The Balaban J connectivity index is 2.12. The second kappa shape index (κ2) is 5.95. The van der Waals surface area contributed by atoms with Crippen molar-refractivity contribution in [2.24, 2.45) is 5.92 Å². The van der Waals surface area contributed by atoms with Crippen molar-refractivity contribution in [2.75, 3.05) is 25.4 Å². The molecule has 4 heteroatoms. The molecule has 1 amide bonds. The first kappa shape index (κ1) is 13.7. The summed E-state index contributed by atoms with van der Waals surface area (Å²) in [6.07, 6.45) is 2.29. The van der Waals surface area contributed by atoms with Gasteiger partial charge < -0.3 is 15.4 Å². The first-order valence-corrected chi connectivity index (χ1v) is 6.93. The number of nitrogen functional groups attached to an aromatic ring is 1. The van der Waals surface area contributed by atoms with Gasteiger partial charge in [0.1, 0.15) is 5.75 Å². The summed E-state index contributed by atoms with van der Waals surface area (Å²) >= 11 is 0. The van der Waals surface area contributed by atoms with Crippen LogP contribution in [0.15, 0.2) is 18.2 Å². The molecule has 1 aliphatic rings. The number of rotatable bonds is 3. The van der Waals surface area contributed by atoms with Crippen molar-refractivity contribution in [3.8, 4) is 5.75 Å². The van der Waals surface area contributed by atoms with Gasteiger partial charge >= 0.3 is 0 Å². The Hall–Kier alpha value is -1.71. The number of hydrogen-bond donors (Lipinski definition) is 1. The molecule has 0 unspecified atom stereocenters. The SMILES string of the molecule is CCOc1ccc(C(=O)N2CCC[C@H](C)C2)cc1N. The van der Waals surface area contributed by atoms with Crippen LogP contribution >= 0.6 is 0 Å². The molecule has 2 rings (SSSR count). The summed E-state index contributed by atoms with van der Waals surface area (Å²) in [7, 11) is 0. The molecule has 1 aromatic carbocycles. The lowest BCUT2D eigenvalue weighted by atomic mass is 9.99. The minimum atomic E-state index is 0.0706. The molecule has 0 aliphatic carbocycles. The van der Waals surface area contributed by atoms with Crippen LogP contribution in [-0.2, 0) is 0 Å². The molecule has 1 aliphatic heterocycles. The lowest BCUT2D eigenvalue weighted by molar-refractivity contribution is 0.0683. The molecule has 0 saturated carbocycles. The van der Waals surface area contributed by atoms with Crippen LogP contribution in [0.4, 0.5) is 5.69 Å². The number of anilines is 1. The molecule has 0 radical (unpaired) electrons. The van der Waals surface area contributed by atoms with Gasteiger partial charge in [-0.25, -0.2) is 0 Å². The third-order valence-electron chi connectivity index (χ3n) is 3.50. The Morgan fingerprint density at radius 1 is 1.53 bits per heavy atom. The van der Waals surface area contributed by atoms with Crippen LogP contribution in [0.3, 0.4) is 0 Å². The van der Waals surface area contributed by atoms with Crippen molar-refractivity contribution in [3.05, 3.63) is 23.8 Å². The molecule has 0 aromatic heterocycles. The number of carbonyl (C=O) groups is 1. The fraction of sp³-hybridized carbons (Fsp3) is 0.533. The van der Waals surface area contributed by atoms with E-state index >= 15 is 0 Å². The lowest BCUT2D eigenvalue weighted by Gasteiger charge is -2.31. The van der Waals surface area contributed by atoms with E-state index in [2.05, 4.69) is 6.92 Å². The fourth-order valence-electron chi connectivity index (χ4n) is 2.52. The highest BCUT2D eigenvalue weighted by atomic mass is 16.5. The first-order chi connectivity index (χ1) is 9.11. The zero-order chi connectivity index (χ0) is 13.8. The molecule has 104 valence electrons. The quantitative estimate of drug-likeness (QED) is 0.852. The highest BCUT2D eigenvalue weighted by Gasteiger charge is 2.22. The van der Waals surface area contributed by atoms with E-state index in [-0.39, 0.29) is 5.91 Å². The largest absolute Gasteiger partial charge is 0.492 e. The van der Waals surface area contributed by atoms with Crippen molar-refractivity contribution < 1.29 is 9.53 Å². The summed E-state index contributed by atoms with van der Waals surface area (Å²) in [4.78, 5) is 14.3. The number of ether oxygens (including phenoxy) is 1. The maximum absolute atomic E-state index is 12.4. The Kier molecular flexibility index (Phi) is 4.30. The minimum absolute atomic E-state index is 0.0706. The number of hydrogen-bond acceptors (Lipinski definition) is 3. The van der Waals surface area contributed by atoms with E-state index in [4.69, 9.17) is 10.5 Å². The van der Waals surface area contributed by atoms with E-state index in [1.807, 2.05) is 11.8 Å². The second-order valence-electron chi connectivity index (χ2n) is 5.18. The van der Waals surface area contributed by atoms with Gasteiger partial charge in [-0.3, -0.25) is 4.79 Å². The highest BCUT2D eigenvalue weighted by Crippen LogP contribution is 2.24. The van der Waals surface area contributed by atoms with Crippen molar-refractivity contribution in [1.29, 1.82) is 0 Å². The molecule has 2 N–H and O–H groups in total. The second-order valence-corrected chi connectivity index (χ2v) is 5.18. The predicted octanol–water partition coefficient (Wildman–Crippen LogP) is 2.54. The molecule has 0 spiro atoms. The van der Waals surface area contributed by atoms with Gasteiger partial charge in [-0.15, -0.1) is 0 Å². The van der Waals surface area contributed by atoms with Crippen molar-refractivity contribution >= 4 is 11.6 Å². The molecule has 1 aromatic rings. The molecule has 19 heavy (non-hydrogen) atoms. The summed E-state index contributed by atoms with van der Waals surface area (Å²) in [5, 5.41) is 0. The van der Waals surface area contributed by atoms with E-state index in [0.29, 0.717) is 29.5 Å². The molecule has 0 bridgehead atoms. The van der Waals surface area contributed by atoms with Gasteiger partial charge in [0.15, 0.2) is 0 Å². The zero-order valence-corrected chi connectivity index (χ0v) is 11.7. The molecule has 1 saturated heterocycles. The van der Waals surface area contributed by atoms with Crippen LogP contribution < -0.4 is 10.5 Å². The molecular formula is C15H22N2O2. The Bertz CT molecular complexity index is 459. The third-order valence-corrected chi connectivity index (χ3v) is 3.50. The average Bonchev–Trinajstić information content (AvgIpc) is 2.40. The van der Waals surface area contributed by atoms with Crippen molar-refractivity contribution in [2.45, 2.75) is 26.7 Å². The van der Waals surface area contributed by atoms with E-state index in [9.17, 15) is 4.79 Å². The van der Waals surface area contributed by atoms with Crippen molar-refractivity contribution in [1.82, 2.24) is 4.90 Å². The molecule has 4 nitrogen and oxygen atoms in total. The smallest absolute Gasteiger partial charge is 0.253 e. The normalized spacial score (nSPS) is 19.3. The number of likely N-dealkylation sites (tertiary alicyclic amines) is 1. The average molecular weight is 262 g/mol. The maximum atomic E-state index is 12.4. The third kappa shape index (κ3) is 3.19. The highest BCUT2D eigenvalue weighted by molar-refractivity contribution is 5.95. The van der Waals surface area contributed by atoms with Gasteiger partial charge in [0.2, 0.25) is 0 Å². The van der Waals surface area contributed by atoms with Gasteiger partial charge in [0, 0.05) is 18.7 Å². The number of carbonyl (C=O) groups excluding carboxylic acids is 1. The van der Waals surface area contributed by atoms with Gasteiger partial charge in [-0.05, 0) is 43.9 Å². The summed E-state index contributed by atoms with van der Waals surface area (Å²) < 4.78 is 5.38. The molecule has 1 heterocycles. The number of amides is 1. The number of nitrogens with two attached hydrogens (primary N) is 1. The van der Waals surface area contributed by atoms with Gasteiger partial charge in [0.05, 0.1) is 12.3 Å². The fourth-order valence-corrected chi connectivity index (χ4v) is 2.52. The number of benzene rings is 1. The maximum Gasteiger partial charge on any atom is 0.253 e. The van der Waals surface area contributed by atoms with E-state index < -0.39 is 0 Å². The molecular weight excluding hydrogens is 240 g/mol. The van der Waals surface area contributed by atoms with Crippen LogP contribution in [0.5, 0.6) is 5.75 Å². The van der Waals surface area contributed by atoms with Crippen LogP contribution in [0.2, 0.25) is 0 Å². The topological polar surface area (TPSA) is 55.6 Å². The summed E-state index contributed by atoms with van der Waals surface area (Å²) in [6.45, 7) is 6.35. The lowest BCUT2D eigenvalue weighted by Crippen LogP contribution is -2.39. The van der Waals surface area contributed by atoms with Crippen LogP contribution in [0.25, 0.3) is 0 Å². The van der Waals surface area contributed by atoms with Crippen LogP contribution in [0, 0.1) is 5.92 Å². The summed E-state index contributed by atoms with van der Waals surface area (Å²) in [6, 6.07) is 5.29. The Labute approximate surface area is 114 Å². The van der Waals surface area contributed by atoms with Crippen molar-refractivity contribution in [3.63, 3.8) is 0 Å². The number of nitrogens with zero attached hydrogens (tertiary/aromatic N) is 1. The van der Waals surface area contributed by atoms with Gasteiger partial charge in [-0.2, -0.15) is 0 Å². The van der Waals surface area contributed by atoms with E-state index in [1.165, 1.54) is 6.42 Å². The van der Waals surface area contributed by atoms with Gasteiger partial charge in [0.25, 0.3) is 5.91 Å². The van der Waals surface area contributed by atoms with E-state index in [1.54, 1.807) is 18.2 Å². The van der Waals surface area contributed by atoms with Crippen LogP contribution in [-0.4, -0.2) is 30.5 Å². The molecule has 1 fully saturated rings. The Morgan fingerprint density at radius 3 is 2.95 bits per heavy atom. The van der Waals surface area contributed by atoms with Gasteiger partial charge in [-0.1, -0.05) is 6.92 Å². The first-order valence-electron chi connectivity index (χ1n) is 6.93. The molecule has 1 atom stereocenters. The standard InChI is InChI=1S/C15H22N2O2/c1-3-19-14-7-6-12(9-13(14)16)15(18)17-8-4-5-11(2)10-17/h6-7,9,11H,3-5,8,10,16H2,1-2H3/t11-/m0/s1. The summed E-state index contributed by atoms with van der Waals surface area (Å²) in [5.41, 5.74) is 7.08. The van der Waals surface area contributed by atoms with E-state index in [0.717, 1.165) is 19.5 Å². The monoisotopic (exact) mass is 262 g/mol. The summed E-state index contributed by atoms with van der Waals surface area (Å²) in [5.74, 6) is 1.30. The zero-order valence-electron chi connectivity index (χ0n) is 11.7. The number of piperidine rings is 1. The Morgan fingerprint density at radius 2 is 2.32 bits per heavy atom. The minimum Gasteiger partial charge on any atom is -0.492 e.